The summed E-state index contributed by atoms with van der Waals surface area (Å²) in [5, 5.41) is 3.17. The minimum atomic E-state index is -3.55. The molecule has 0 aromatic heterocycles. The second kappa shape index (κ2) is 7.31. The lowest BCUT2D eigenvalue weighted by atomic mass is 9.69. The van der Waals surface area contributed by atoms with E-state index in [0.717, 1.165) is 32.1 Å². The van der Waals surface area contributed by atoms with Gasteiger partial charge in [-0.25, -0.2) is 13.1 Å². The molecule has 0 heterocycles. The smallest absolute Gasteiger partial charge is 0.251 e. The fourth-order valence-electron chi connectivity index (χ4n) is 3.89. The normalized spacial score (nSPS) is 24.3. The molecule has 1 aromatic carbocycles. The van der Waals surface area contributed by atoms with Crippen LogP contribution in [0.1, 0.15) is 69.7 Å². The number of nitrogens with one attached hydrogen (secondary N) is 2. The Morgan fingerprint density at radius 1 is 1.08 bits per heavy atom. The molecule has 2 saturated carbocycles. The van der Waals surface area contributed by atoms with Crippen LogP contribution in [0.2, 0.25) is 0 Å². The van der Waals surface area contributed by atoms with Crippen LogP contribution in [-0.4, -0.2) is 26.4 Å². The Bertz CT molecular complexity index is 764. The molecule has 2 unspecified atom stereocenters. The van der Waals surface area contributed by atoms with Crippen LogP contribution in [0, 0.1) is 11.3 Å². The third-order valence-electron chi connectivity index (χ3n) is 5.50. The third kappa shape index (κ3) is 4.65. The minimum absolute atomic E-state index is 0.0484. The summed E-state index contributed by atoms with van der Waals surface area (Å²) in [6.45, 7) is 6.66. The molecule has 3 rings (SSSR count). The van der Waals surface area contributed by atoms with Crippen LogP contribution in [0.5, 0.6) is 0 Å². The zero-order valence-corrected chi connectivity index (χ0v) is 16.7. The van der Waals surface area contributed by atoms with Crippen molar-refractivity contribution in [2.24, 2.45) is 11.3 Å². The van der Waals surface area contributed by atoms with Gasteiger partial charge >= 0.3 is 0 Å². The standard InChI is InChI=1S/C20H30N2O3S/c1-20(2,3)17-9-4-5-10-18(17)21-19(23)14-7-6-8-16(13-14)26(24,25)22-15-11-12-15/h6-8,13,15,17-18,22H,4-5,9-12H2,1-3H3,(H,21,23). The highest BCUT2D eigenvalue weighted by Gasteiger charge is 2.35. The Morgan fingerprint density at radius 2 is 1.77 bits per heavy atom. The fraction of sp³-hybridized carbons (Fsp3) is 0.650. The number of carbonyl (C=O) groups is 1. The molecule has 0 aliphatic heterocycles. The van der Waals surface area contributed by atoms with E-state index in [2.05, 4.69) is 30.8 Å². The second-order valence-electron chi connectivity index (χ2n) is 8.76. The molecule has 0 bridgehead atoms. The number of rotatable bonds is 5. The molecule has 2 aliphatic carbocycles. The van der Waals surface area contributed by atoms with Crippen LogP contribution >= 0.6 is 0 Å². The van der Waals surface area contributed by atoms with Crippen molar-refractivity contribution < 1.29 is 13.2 Å². The van der Waals surface area contributed by atoms with Crippen LogP contribution in [0.4, 0.5) is 0 Å². The van der Waals surface area contributed by atoms with E-state index in [-0.39, 0.29) is 28.3 Å². The van der Waals surface area contributed by atoms with Gasteiger partial charge in [0.15, 0.2) is 0 Å². The van der Waals surface area contributed by atoms with Gasteiger partial charge in [-0.3, -0.25) is 4.79 Å². The molecule has 1 amide bonds. The lowest BCUT2D eigenvalue weighted by Crippen LogP contribution is -2.46. The van der Waals surface area contributed by atoms with Gasteiger partial charge in [0.25, 0.3) is 5.91 Å². The highest BCUT2D eigenvalue weighted by atomic mass is 32.2. The van der Waals surface area contributed by atoms with Gasteiger partial charge in [-0.1, -0.05) is 39.7 Å². The van der Waals surface area contributed by atoms with Crippen LogP contribution < -0.4 is 10.0 Å². The monoisotopic (exact) mass is 378 g/mol. The fourth-order valence-corrected chi connectivity index (χ4v) is 5.24. The minimum Gasteiger partial charge on any atom is -0.349 e. The Morgan fingerprint density at radius 3 is 2.42 bits per heavy atom. The molecule has 144 valence electrons. The number of amides is 1. The zero-order chi connectivity index (χ0) is 18.9. The van der Waals surface area contributed by atoms with E-state index < -0.39 is 10.0 Å². The summed E-state index contributed by atoms with van der Waals surface area (Å²) in [7, 11) is -3.55. The quantitative estimate of drug-likeness (QED) is 0.824. The number of benzene rings is 1. The molecule has 0 radical (unpaired) electrons. The highest BCUT2D eigenvalue weighted by Crippen LogP contribution is 2.38. The van der Waals surface area contributed by atoms with Crippen LogP contribution in [-0.2, 0) is 10.0 Å². The maximum atomic E-state index is 12.8. The first-order valence-corrected chi connectivity index (χ1v) is 11.1. The van der Waals surface area contributed by atoms with E-state index >= 15 is 0 Å². The predicted octanol–water partition coefficient (Wildman–Crippen LogP) is 3.46. The second-order valence-corrected chi connectivity index (χ2v) is 10.5. The molecular weight excluding hydrogens is 348 g/mol. The first kappa shape index (κ1) is 19.4. The molecule has 6 heteroatoms. The topological polar surface area (TPSA) is 75.3 Å². The van der Waals surface area contributed by atoms with Crippen molar-refractivity contribution in [3.63, 3.8) is 0 Å². The summed E-state index contributed by atoms with van der Waals surface area (Å²) < 4.78 is 27.4. The van der Waals surface area contributed by atoms with Gasteiger partial charge in [0.05, 0.1) is 4.90 Å². The van der Waals surface area contributed by atoms with Crippen molar-refractivity contribution >= 4 is 15.9 Å². The number of hydrogen-bond acceptors (Lipinski definition) is 3. The van der Waals surface area contributed by atoms with Crippen LogP contribution in [0.25, 0.3) is 0 Å². The molecule has 1 aromatic rings. The van der Waals surface area contributed by atoms with E-state index in [1.807, 2.05) is 0 Å². The molecule has 2 aliphatic rings. The van der Waals surface area contributed by atoms with Crippen molar-refractivity contribution in [1.29, 1.82) is 0 Å². The first-order valence-electron chi connectivity index (χ1n) is 9.60. The molecule has 0 spiro atoms. The average molecular weight is 379 g/mol. The van der Waals surface area contributed by atoms with Crippen molar-refractivity contribution in [1.82, 2.24) is 10.0 Å². The van der Waals surface area contributed by atoms with Crippen molar-refractivity contribution in [3.8, 4) is 0 Å². The molecule has 5 nitrogen and oxygen atoms in total. The van der Waals surface area contributed by atoms with Gasteiger partial charge in [-0.05, 0) is 55.2 Å². The zero-order valence-electron chi connectivity index (χ0n) is 15.9. The number of carbonyl (C=O) groups excluding carboxylic acids is 1. The van der Waals surface area contributed by atoms with Gasteiger partial charge < -0.3 is 5.32 Å². The molecule has 26 heavy (non-hydrogen) atoms. The molecule has 2 N–H and O–H groups in total. The van der Waals surface area contributed by atoms with E-state index in [9.17, 15) is 13.2 Å². The number of sulfonamides is 1. The Labute approximate surface area is 157 Å². The van der Waals surface area contributed by atoms with Gasteiger partial charge in [0.1, 0.15) is 0 Å². The highest BCUT2D eigenvalue weighted by molar-refractivity contribution is 7.89. The van der Waals surface area contributed by atoms with E-state index in [1.165, 1.54) is 12.5 Å². The summed E-state index contributed by atoms with van der Waals surface area (Å²) in [6, 6.07) is 6.53. The SMILES string of the molecule is CC(C)(C)C1CCCCC1NC(=O)c1cccc(S(=O)(=O)NC2CC2)c1. The summed E-state index contributed by atoms with van der Waals surface area (Å²) >= 11 is 0. The summed E-state index contributed by atoms with van der Waals surface area (Å²) in [6.07, 6.45) is 6.19. The Kier molecular flexibility index (Phi) is 5.45. The summed E-state index contributed by atoms with van der Waals surface area (Å²) in [5.41, 5.74) is 0.541. The molecule has 0 saturated heterocycles. The van der Waals surface area contributed by atoms with Gasteiger partial charge in [0, 0.05) is 17.6 Å². The number of hydrogen-bond donors (Lipinski definition) is 2. The van der Waals surface area contributed by atoms with Gasteiger partial charge in [-0.2, -0.15) is 0 Å². The van der Waals surface area contributed by atoms with Crippen molar-refractivity contribution in [2.45, 2.75) is 76.3 Å². The first-order chi connectivity index (χ1) is 12.2. The average Bonchev–Trinajstić information content (AvgIpc) is 3.38. The van der Waals surface area contributed by atoms with Gasteiger partial charge in [-0.15, -0.1) is 0 Å². The van der Waals surface area contributed by atoms with E-state index in [1.54, 1.807) is 18.2 Å². The van der Waals surface area contributed by atoms with Crippen LogP contribution in [0.3, 0.4) is 0 Å². The van der Waals surface area contributed by atoms with Gasteiger partial charge in [0.2, 0.25) is 10.0 Å². The predicted molar refractivity (Wildman–Crippen MR) is 102 cm³/mol. The van der Waals surface area contributed by atoms with E-state index in [0.29, 0.717) is 11.5 Å². The maximum Gasteiger partial charge on any atom is 0.251 e. The lowest BCUT2D eigenvalue weighted by molar-refractivity contribution is 0.0830. The largest absolute Gasteiger partial charge is 0.349 e. The molecule has 2 fully saturated rings. The van der Waals surface area contributed by atoms with Crippen molar-refractivity contribution in [2.75, 3.05) is 0 Å². The van der Waals surface area contributed by atoms with E-state index in [4.69, 9.17) is 0 Å². The summed E-state index contributed by atoms with van der Waals surface area (Å²) in [4.78, 5) is 12.9. The lowest BCUT2D eigenvalue weighted by Gasteiger charge is -2.40. The van der Waals surface area contributed by atoms with Crippen molar-refractivity contribution in [3.05, 3.63) is 29.8 Å². The van der Waals surface area contributed by atoms with Crippen LogP contribution in [0.15, 0.2) is 29.2 Å². The maximum absolute atomic E-state index is 12.8. The Hall–Kier alpha value is -1.40. The summed E-state index contributed by atoms with van der Waals surface area (Å²) in [5.74, 6) is 0.248. The third-order valence-corrected chi connectivity index (χ3v) is 7.02. The molecule has 2 atom stereocenters. The molecular formula is C20H30N2O3S. The Balaban J connectivity index is 1.74.